The summed E-state index contributed by atoms with van der Waals surface area (Å²) < 4.78 is 1.56. The van der Waals surface area contributed by atoms with Crippen molar-refractivity contribution >= 4 is 33.3 Å². The van der Waals surface area contributed by atoms with Crippen molar-refractivity contribution in [2.75, 3.05) is 31.1 Å². The lowest BCUT2D eigenvalue weighted by molar-refractivity contribution is -0.131. The Hall–Kier alpha value is -2.74. The lowest BCUT2D eigenvalue weighted by Gasteiger charge is -2.35. The van der Waals surface area contributed by atoms with Gasteiger partial charge in [0.15, 0.2) is 0 Å². The van der Waals surface area contributed by atoms with Gasteiger partial charge in [0.05, 0.1) is 11.7 Å². The fraction of sp³-hybridized carbons (Fsp3) is 0.400. The van der Waals surface area contributed by atoms with Crippen molar-refractivity contribution in [2.24, 2.45) is 0 Å². The Balaban J connectivity index is 1.38. The third-order valence-electron chi connectivity index (χ3n) is 5.33. The lowest BCUT2D eigenvalue weighted by Crippen LogP contribution is -2.49. The first-order chi connectivity index (χ1) is 13.5. The predicted octanol–water partition coefficient (Wildman–Crippen LogP) is 2.21. The van der Waals surface area contributed by atoms with Gasteiger partial charge in [-0.05, 0) is 31.5 Å². The minimum Gasteiger partial charge on any atom is -0.353 e. The third kappa shape index (κ3) is 3.52. The number of anilines is 1. The molecule has 0 unspecified atom stereocenters. The predicted molar refractivity (Wildman–Crippen MR) is 111 cm³/mol. The van der Waals surface area contributed by atoms with E-state index in [4.69, 9.17) is 0 Å². The zero-order valence-electron chi connectivity index (χ0n) is 16.1. The number of hydrogen-bond donors (Lipinski definition) is 0. The van der Waals surface area contributed by atoms with Gasteiger partial charge in [0.25, 0.3) is 5.56 Å². The SMILES string of the molecule is Cc1sc2ncn(CCC(=O)N3CCN(c4ccccn4)CC3)c(=O)c2c1C. The Labute approximate surface area is 167 Å². The summed E-state index contributed by atoms with van der Waals surface area (Å²) in [4.78, 5) is 40.1. The molecule has 1 aliphatic heterocycles. The van der Waals surface area contributed by atoms with E-state index in [0.29, 0.717) is 31.4 Å². The van der Waals surface area contributed by atoms with Gasteiger partial charge in [0.2, 0.25) is 5.91 Å². The fourth-order valence-corrected chi connectivity index (χ4v) is 4.52. The first-order valence-corrected chi connectivity index (χ1v) is 10.2. The molecule has 7 nitrogen and oxygen atoms in total. The molecule has 0 aliphatic carbocycles. The van der Waals surface area contributed by atoms with Gasteiger partial charge in [-0.2, -0.15) is 0 Å². The van der Waals surface area contributed by atoms with Crippen molar-refractivity contribution in [1.82, 2.24) is 19.4 Å². The third-order valence-corrected chi connectivity index (χ3v) is 6.44. The molecule has 0 spiro atoms. The Morgan fingerprint density at radius 3 is 2.64 bits per heavy atom. The number of hydrogen-bond acceptors (Lipinski definition) is 6. The van der Waals surface area contributed by atoms with Crippen LogP contribution in [0.1, 0.15) is 16.9 Å². The molecule has 0 bridgehead atoms. The van der Waals surface area contributed by atoms with Crippen LogP contribution in [-0.4, -0.2) is 51.5 Å². The molecule has 1 fully saturated rings. The molecule has 146 valence electrons. The van der Waals surface area contributed by atoms with Crippen molar-refractivity contribution in [1.29, 1.82) is 0 Å². The largest absolute Gasteiger partial charge is 0.353 e. The first-order valence-electron chi connectivity index (χ1n) is 9.43. The van der Waals surface area contributed by atoms with Gasteiger partial charge in [-0.25, -0.2) is 9.97 Å². The maximum absolute atomic E-state index is 12.7. The number of pyridine rings is 1. The number of carbonyl (C=O) groups is 1. The lowest BCUT2D eigenvalue weighted by atomic mass is 10.2. The Bertz CT molecular complexity index is 1050. The van der Waals surface area contributed by atoms with Gasteiger partial charge < -0.3 is 9.80 Å². The number of piperazine rings is 1. The number of thiophene rings is 1. The highest BCUT2D eigenvalue weighted by Gasteiger charge is 2.22. The molecule has 28 heavy (non-hydrogen) atoms. The number of fused-ring (bicyclic) bond motifs is 1. The van der Waals surface area contributed by atoms with E-state index in [1.54, 1.807) is 17.1 Å². The van der Waals surface area contributed by atoms with E-state index in [0.717, 1.165) is 34.2 Å². The van der Waals surface area contributed by atoms with Crippen LogP contribution >= 0.6 is 11.3 Å². The smallest absolute Gasteiger partial charge is 0.262 e. The summed E-state index contributed by atoms with van der Waals surface area (Å²) in [6.45, 7) is 7.19. The molecule has 0 atom stereocenters. The molecule has 0 saturated carbocycles. The van der Waals surface area contributed by atoms with Crippen LogP contribution in [0.4, 0.5) is 5.82 Å². The van der Waals surface area contributed by atoms with Crippen molar-refractivity contribution in [2.45, 2.75) is 26.8 Å². The molecule has 4 rings (SSSR count). The van der Waals surface area contributed by atoms with Gasteiger partial charge in [0, 0.05) is 50.2 Å². The summed E-state index contributed by atoms with van der Waals surface area (Å²) in [5, 5.41) is 0.682. The molecule has 1 amide bonds. The number of carbonyl (C=O) groups excluding carboxylic acids is 1. The quantitative estimate of drug-likeness (QED) is 0.675. The summed E-state index contributed by atoms with van der Waals surface area (Å²) in [5.74, 6) is 1.02. The zero-order chi connectivity index (χ0) is 19.7. The van der Waals surface area contributed by atoms with E-state index in [1.165, 1.54) is 11.3 Å². The van der Waals surface area contributed by atoms with Crippen LogP contribution in [0.3, 0.4) is 0 Å². The molecule has 3 aromatic heterocycles. The number of aryl methyl sites for hydroxylation is 3. The van der Waals surface area contributed by atoms with Crippen LogP contribution < -0.4 is 10.5 Å². The molecule has 4 heterocycles. The number of amides is 1. The summed E-state index contributed by atoms with van der Waals surface area (Å²) in [6.07, 6.45) is 3.65. The highest BCUT2D eigenvalue weighted by atomic mass is 32.1. The van der Waals surface area contributed by atoms with E-state index < -0.39 is 0 Å². The van der Waals surface area contributed by atoms with Crippen LogP contribution in [0.5, 0.6) is 0 Å². The van der Waals surface area contributed by atoms with Crippen LogP contribution in [-0.2, 0) is 11.3 Å². The number of rotatable bonds is 4. The highest BCUT2D eigenvalue weighted by Crippen LogP contribution is 2.25. The highest BCUT2D eigenvalue weighted by molar-refractivity contribution is 7.18. The second kappa shape index (κ2) is 7.71. The standard InChI is InChI=1S/C20H23N5O2S/c1-14-15(2)28-19-18(14)20(27)25(13-22-19)8-6-17(26)24-11-9-23(10-12-24)16-5-3-4-7-21-16/h3-5,7,13H,6,8-12H2,1-2H3. The summed E-state index contributed by atoms with van der Waals surface area (Å²) in [6, 6.07) is 5.86. The van der Waals surface area contributed by atoms with Gasteiger partial charge in [-0.15, -0.1) is 11.3 Å². The number of aromatic nitrogens is 3. The first kappa shape index (κ1) is 18.6. The van der Waals surface area contributed by atoms with Gasteiger partial charge in [-0.1, -0.05) is 6.07 Å². The molecule has 0 aromatic carbocycles. The Morgan fingerprint density at radius 2 is 1.93 bits per heavy atom. The monoisotopic (exact) mass is 397 g/mol. The molecular formula is C20H23N5O2S. The van der Waals surface area contributed by atoms with E-state index in [1.807, 2.05) is 36.9 Å². The topological polar surface area (TPSA) is 71.3 Å². The van der Waals surface area contributed by atoms with Crippen molar-refractivity contribution in [3.63, 3.8) is 0 Å². The molecule has 3 aromatic rings. The molecule has 8 heteroatoms. The average molecular weight is 398 g/mol. The van der Waals surface area contributed by atoms with Crippen molar-refractivity contribution < 1.29 is 4.79 Å². The molecule has 0 N–H and O–H groups in total. The van der Waals surface area contributed by atoms with Gasteiger partial charge in [-0.3, -0.25) is 14.2 Å². The average Bonchev–Trinajstić information content (AvgIpc) is 3.02. The summed E-state index contributed by atoms with van der Waals surface area (Å²) in [7, 11) is 0. The van der Waals surface area contributed by atoms with Crippen LogP contribution in [0, 0.1) is 13.8 Å². The molecular weight excluding hydrogens is 374 g/mol. The van der Waals surface area contributed by atoms with Gasteiger partial charge in [0.1, 0.15) is 10.6 Å². The molecule has 1 saturated heterocycles. The maximum Gasteiger partial charge on any atom is 0.262 e. The summed E-state index contributed by atoms with van der Waals surface area (Å²) >= 11 is 1.54. The van der Waals surface area contributed by atoms with Gasteiger partial charge >= 0.3 is 0 Å². The van der Waals surface area contributed by atoms with Crippen molar-refractivity contribution in [3.8, 4) is 0 Å². The fourth-order valence-electron chi connectivity index (χ4n) is 3.53. The molecule has 0 radical (unpaired) electrons. The zero-order valence-corrected chi connectivity index (χ0v) is 16.9. The number of nitrogens with zero attached hydrogens (tertiary/aromatic N) is 5. The Kier molecular flexibility index (Phi) is 5.13. The van der Waals surface area contributed by atoms with Crippen LogP contribution in [0.25, 0.3) is 10.2 Å². The maximum atomic E-state index is 12.7. The minimum absolute atomic E-state index is 0.0559. The molecule has 1 aliphatic rings. The van der Waals surface area contributed by atoms with E-state index in [9.17, 15) is 9.59 Å². The second-order valence-corrected chi connectivity index (χ2v) is 8.22. The van der Waals surface area contributed by atoms with Crippen molar-refractivity contribution in [3.05, 3.63) is 51.5 Å². The van der Waals surface area contributed by atoms with E-state index in [2.05, 4.69) is 14.9 Å². The van der Waals surface area contributed by atoms with Crippen LogP contribution in [0.15, 0.2) is 35.5 Å². The second-order valence-electron chi connectivity index (χ2n) is 7.01. The summed E-state index contributed by atoms with van der Waals surface area (Å²) in [5.41, 5.74) is 0.934. The normalized spacial score (nSPS) is 14.6. The van der Waals surface area contributed by atoms with E-state index >= 15 is 0 Å². The van der Waals surface area contributed by atoms with Crippen LogP contribution in [0.2, 0.25) is 0 Å². The Morgan fingerprint density at radius 1 is 1.14 bits per heavy atom. The minimum atomic E-state index is -0.0559. The van der Waals surface area contributed by atoms with E-state index in [-0.39, 0.29) is 11.5 Å².